The minimum Gasteiger partial charge on any atom is -0.490 e. The number of carbonyl (C=O) groups excluding carboxylic acids is 1. The summed E-state index contributed by atoms with van der Waals surface area (Å²) in [4.78, 5) is 17.6. The van der Waals surface area contributed by atoms with E-state index in [4.69, 9.17) is 9.47 Å². The molecule has 0 aromatic heterocycles. The Kier molecular flexibility index (Phi) is 7.52. The molecule has 168 valence electrons. The predicted octanol–water partition coefficient (Wildman–Crippen LogP) is 6.63. The summed E-state index contributed by atoms with van der Waals surface area (Å²) in [6.07, 6.45) is 1.83. The Balaban J connectivity index is 1.55. The first-order chi connectivity index (χ1) is 16.0. The van der Waals surface area contributed by atoms with Gasteiger partial charge in [0.1, 0.15) is 6.61 Å². The van der Waals surface area contributed by atoms with Gasteiger partial charge in [-0.3, -0.25) is 4.79 Å². The van der Waals surface area contributed by atoms with Gasteiger partial charge in [0.25, 0.3) is 5.91 Å². The van der Waals surface area contributed by atoms with E-state index >= 15 is 0 Å². The molecule has 0 radical (unpaired) electrons. The van der Waals surface area contributed by atoms with Crippen molar-refractivity contribution in [3.05, 3.63) is 92.8 Å². The van der Waals surface area contributed by atoms with Crippen LogP contribution in [0.5, 0.6) is 11.5 Å². The summed E-state index contributed by atoms with van der Waals surface area (Å²) in [7, 11) is 0. The van der Waals surface area contributed by atoms with Gasteiger partial charge in [-0.05, 0) is 83.0 Å². The third kappa shape index (κ3) is 6.06. The molecule has 5 nitrogen and oxygen atoms in total. The number of rotatable bonds is 7. The molecule has 3 aromatic carbocycles. The van der Waals surface area contributed by atoms with Crippen LogP contribution in [0.4, 0.5) is 5.69 Å². The number of thioether (sulfide) groups is 1. The number of carbonyl (C=O) groups is 1. The molecule has 1 saturated heterocycles. The van der Waals surface area contributed by atoms with Gasteiger partial charge in [0.2, 0.25) is 0 Å². The molecule has 1 aliphatic heterocycles. The van der Waals surface area contributed by atoms with Crippen molar-refractivity contribution >= 4 is 50.5 Å². The number of benzene rings is 3. The maximum absolute atomic E-state index is 12.5. The van der Waals surface area contributed by atoms with E-state index in [2.05, 4.69) is 26.2 Å². The normalized spacial score (nSPS) is 15.7. The highest BCUT2D eigenvalue weighted by atomic mass is 79.9. The Hall–Kier alpha value is -3.03. The molecular formula is C26H23BrN2O3S. The van der Waals surface area contributed by atoms with E-state index < -0.39 is 0 Å². The molecule has 0 aliphatic carbocycles. The highest BCUT2D eigenvalue weighted by Crippen LogP contribution is 2.39. The van der Waals surface area contributed by atoms with Crippen molar-refractivity contribution in [2.75, 3.05) is 6.61 Å². The number of hydrogen-bond donors (Lipinski definition) is 1. The summed E-state index contributed by atoms with van der Waals surface area (Å²) in [5, 5.41) is 3.39. The lowest BCUT2D eigenvalue weighted by Gasteiger charge is -2.15. The lowest BCUT2D eigenvalue weighted by molar-refractivity contribution is -0.115. The van der Waals surface area contributed by atoms with Crippen molar-refractivity contribution in [1.29, 1.82) is 0 Å². The first kappa shape index (κ1) is 23.1. The van der Waals surface area contributed by atoms with Crippen LogP contribution >= 0.6 is 27.7 Å². The smallest absolute Gasteiger partial charge is 0.264 e. The van der Waals surface area contributed by atoms with Gasteiger partial charge in [-0.2, -0.15) is 0 Å². The van der Waals surface area contributed by atoms with Crippen LogP contribution in [0.25, 0.3) is 6.08 Å². The van der Waals surface area contributed by atoms with E-state index in [9.17, 15) is 4.79 Å². The van der Waals surface area contributed by atoms with Crippen LogP contribution in [0.2, 0.25) is 0 Å². The molecule has 0 atom stereocenters. The Morgan fingerprint density at radius 1 is 1.06 bits per heavy atom. The summed E-state index contributed by atoms with van der Waals surface area (Å²) in [6.45, 7) is 4.87. The van der Waals surface area contributed by atoms with E-state index in [0.717, 1.165) is 26.9 Å². The molecule has 1 fully saturated rings. The summed E-state index contributed by atoms with van der Waals surface area (Å²) in [5.74, 6) is 1.07. The molecule has 3 aromatic rings. The highest BCUT2D eigenvalue weighted by molar-refractivity contribution is 9.10. The molecule has 7 heteroatoms. The molecule has 4 rings (SSSR count). The number of aryl methyl sites for hydroxylation is 1. The average molecular weight is 523 g/mol. The molecule has 0 bridgehead atoms. The lowest BCUT2D eigenvalue weighted by atomic mass is 10.1. The summed E-state index contributed by atoms with van der Waals surface area (Å²) < 4.78 is 12.6. The quantitative estimate of drug-likeness (QED) is 0.354. The summed E-state index contributed by atoms with van der Waals surface area (Å²) in [6, 6.07) is 21.6. The summed E-state index contributed by atoms with van der Waals surface area (Å²) in [5.41, 5.74) is 3.85. The first-order valence-corrected chi connectivity index (χ1v) is 12.1. The molecule has 0 saturated carbocycles. The second-order valence-electron chi connectivity index (χ2n) is 7.35. The molecule has 1 N–H and O–H groups in total. The predicted molar refractivity (Wildman–Crippen MR) is 138 cm³/mol. The van der Waals surface area contributed by atoms with Crippen LogP contribution in [0.3, 0.4) is 0 Å². The van der Waals surface area contributed by atoms with Gasteiger partial charge in [0, 0.05) is 0 Å². The van der Waals surface area contributed by atoms with Gasteiger partial charge in [-0.25, -0.2) is 4.99 Å². The standard InChI is InChI=1S/C26H23BrN2O3S/c1-3-31-22-14-19(13-21(27)24(22)32-16-18-7-5-4-6-8-18)15-23-25(30)29-26(33-23)28-20-11-9-17(2)10-12-20/h4-15H,3,16H2,1-2H3,(H,28,29,30)/b23-15-. The topological polar surface area (TPSA) is 59.9 Å². The van der Waals surface area contributed by atoms with Crippen molar-refractivity contribution in [3.8, 4) is 11.5 Å². The van der Waals surface area contributed by atoms with E-state index in [-0.39, 0.29) is 5.91 Å². The molecule has 0 unspecified atom stereocenters. The monoisotopic (exact) mass is 522 g/mol. The van der Waals surface area contributed by atoms with Gasteiger partial charge < -0.3 is 14.8 Å². The summed E-state index contributed by atoms with van der Waals surface area (Å²) >= 11 is 4.92. The van der Waals surface area contributed by atoms with Crippen LogP contribution < -0.4 is 14.8 Å². The number of amides is 1. The van der Waals surface area contributed by atoms with Crippen LogP contribution in [-0.2, 0) is 11.4 Å². The van der Waals surface area contributed by atoms with Gasteiger partial charge in [0.15, 0.2) is 16.7 Å². The van der Waals surface area contributed by atoms with Crippen molar-refractivity contribution in [1.82, 2.24) is 5.32 Å². The molecular weight excluding hydrogens is 500 g/mol. The maximum Gasteiger partial charge on any atom is 0.264 e. The molecule has 1 heterocycles. The Labute approximate surface area is 206 Å². The first-order valence-electron chi connectivity index (χ1n) is 10.5. The Morgan fingerprint density at radius 3 is 2.55 bits per heavy atom. The molecule has 1 aliphatic rings. The van der Waals surface area contributed by atoms with Crippen LogP contribution in [0, 0.1) is 6.92 Å². The van der Waals surface area contributed by atoms with Crippen LogP contribution in [-0.4, -0.2) is 17.7 Å². The highest BCUT2D eigenvalue weighted by Gasteiger charge is 2.24. The van der Waals surface area contributed by atoms with Gasteiger partial charge in [-0.15, -0.1) is 0 Å². The van der Waals surface area contributed by atoms with Crippen molar-refractivity contribution in [2.45, 2.75) is 20.5 Å². The van der Waals surface area contributed by atoms with E-state index in [1.807, 2.05) is 86.7 Å². The Bertz CT molecular complexity index is 1210. The van der Waals surface area contributed by atoms with Crippen molar-refractivity contribution < 1.29 is 14.3 Å². The molecule has 0 spiro atoms. The number of hydrogen-bond acceptors (Lipinski definition) is 5. The number of amidine groups is 1. The van der Waals surface area contributed by atoms with E-state index in [1.54, 1.807) is 0 Å². The van der Waals surface area contributed by atoms with Crippen molar-refractivity contribution in [3.63, 3.8) is 0 Å². The molecule has 33 heavy (non-hydrogen) atoms. The number of nitrogens with zero attached hydrogens (tertiary/aromatic N) is 1. The fraction of sp³-hybridized carbons (Fsp3) is 0.154. The number of aliphatic imine (C=N–C) groups is 1. The van der Waals surface area contributed by atoms with Crippen molar-refractivity contribution in [2.24, 2.45) is 4.99 Å². The zero-order valence-corrected chi connectivity index (χ0v) is 20.7. The van der Waals surface area contributed by atoms with Gasteiger partial charge >= 0.3 is 0 Å². The third-order valence-corrected chi connectivity index (χ3v) is 6.27. The van der Waals surface area contributed by atoms with Crippen LogP contribution in [0.15, 0.2) is 81.1 Å². The zero-order chi connectivity index (χ0) is 23.2. The number of halogens is 1. The van der Waals surface area contributed by atoms with Crippen LogP contribution in [0.1, 0.15) is 23.6 Å². The second-order valence-corrected chi connectivity index (χ2v) is 9.24. The van der Waals surface area contributed by atoms with Gasteiger partial charge in [0.05, 0.1) is 21.7 Å². The maximum atomic E-state index is 12.5. The minimum atomic E-state index is -0.177. The zero-order valence-electron chi connectivity index (χ0n) is 18.3. The Morgan fingerprint density at radius 2 is 1.82 bits per heavy atom. The van der Waals surface area contributed by atoms with E-state index in [1.165, 1.54) is 11.8 Å². The largest absolute Gasteiger partial charge is 0.490 e. The fourth-order valence-electron chi connectivity index (χ4n) is 3.17. The van der Waals surface area contributed by atoms with Gasteiger partial charge in [-0.1, -0.05) is 48.0 Å². The minimum absolute atomic E-state index is 0.177. The second kappa shape index (κ2) is 10.7. The number of nitrogens with one attached hydrogen (secondary N) is 1. The average Bonchev–Trinajstić information content (AvgIpc) is 3.14. The lowest BCUT2D eigenvalue weighted by Crippen LogP contribution is -2.19. The fourth-order valence-corrected chi connectivity index (χ4v) is 4.59. The number of ether oxygens (including phenoxy) is 2. The SMILES string of the molecule is CCOc1cc(/C=C2\SC(=Nc3ccc(C)cc3)NC2=O)cc(Br)c1OCc1ccccc1. The third-order valence-electron chi connectivity index (χ3n) is 4.77. The van der Waals surface area contributed by atoms with E-state index in [0.29, 0.717) is 34.8 Å². The molecule has 1 amide bonds.